The molecule has 0 saturated heterocycles. The number of fused-ring (bicyclic) bond motifs is 4. The number of benzene rings is 3. The Hall–Kier alpha value is -3.14. The van der Waals surface area contributed by atoms with Gasteiger partial charge in [0.15, 0.2) is 18.1 Å². The van der Waals surface area contributed by atoms with Crippen LogP contribution in [0.25, 0.3) is 10.8 Å². The highest BCUT2D eigenvalue weighted by atomic mass is 32.2. The number of aliphatic hydroxyl groups is 1. The highest BCUT2D eigenvalue weighted by Crippen LogP contribution is 2.51. The highest BCUT2D eigenvalue weighted by Gasteiger charge is 2.51. The molecule has 0 bridgehead atoms. The summed E-state index contributed by atoms with van der Waals surface area (Å²) in [5.74, 6) is -0.0923. The van der Waals surface area contributed by atoms with Crippen molar-refractivity contribution in [3.8, 4) is 11.5 Å². The van der Waals surface area contributed by atoms with E-state index in [0.717, 1.165) is 16.3 Å². The van der Waals surface area contributed by atoms with Crippen LogP contribution in [0.3, 0.4) is 0 Å². The lowest BCUT2D eigenvalue weighted by Gasteiger charge is -2.22. The second-order valence-corrected chi connectivity index (χ2v) is 9.89. The van der Waals surface area contributed by atoms with Crippen molar-refractivity contribution in [1.29, 1.82) is 0 Å². The Balaban J connectivity index is 1.43. The first-order chi connectivity index (χ1) is 15.9. The number of para-hydroxylation sites is 1. The number of hydrogen-bond donors (Lipinski definition) is 2. The first kappa shape index (κ1) is 21.7. The third kappa shape index (κ3) is 3.92. The minimum atomic E-state index is -3.90. The number of rotatable bonds is 6. The smallest absolute Gasteiger partial charge is 0.343 e. The van der Waals surface area contributed by atoms with E-state index in [1.165, 1.54) is 7.11 Å². The molecule has 1 fully saturated rings. The van der Waals surface area contributed by atoms with Crippen molar-refractivity contribution in [3.05, 3.63) is 66.2 Å². The molecule has 3 aromatic rings. The van der Waals surface area contributed by atoms with E-state index in [1.807, 2.05) is 30.3 Å². The number of aliphatic hydroxyl groups excluding tert-OH is 1. The van der Waals surface area contributed by atoms with E-state index >= 15 is 0 Å². The van der Waals surface area contributed by atoms with E-state index in [-0.39, 0.29) is 17.9 Å². The van der Waals surface area contributed by atoms with Gasteiger partial charge in [0.05, 0.1) is 24.2 Å². The fraction of sp³-hybridized carbons (Fsp3) is 0.292. The predicted molar refractivity (Wildman–Crippen MR) is 120 cm³/mol. The van der Waals surface area contributed by atoms with E-state index in [0.29, 0.717) is 11.5 Å². The molecule has 2 aliphatic rings. The Morgan fingerprint density at radius 3 is 2.70 bits per heavy atom. The summed E-state index contributed by atoms with van der Waals surface area (Å²) in [6.07, 6.45) is -1.06. The molecule has 1 aliphatic heterocycles. The third-order valence-corrected chi connectivity index (χ3v) is 7.67. The maximum atomic E-state index is 13.2. The number of hydrogen-bond acceptors (Lipinski definition) is 7. The maximum Gasteiger partial charge on any atom is 0.343 e. The third-order valence-electron chi connectivity index (χ3n) is 6.21. The molecule has 0 aromatic heterocycles. The van der Waals surface area contributed by atoms with Gasteiger partial charge >= 0.3 is 5.97 Å². The summed E-state index contributed by atoms with van der Waals surface area (Å²) < 4.78 is 45.3. The fourth-order valence-electron chi connectivity index (χ4n) is 4.63. The van der Waals surface area contributed by atoms with Crippen LogP contribution in [0.5, 0.6) is 11.5 Å². The molecule has 8 nitrogen and oxygen atoms in total. The zero-order chi connectivity index (χ0) is 23.2. The zero-order valence-electron chi connectivity index (χ0n) is 17.8. The standard InChI is InChI=1S/C24H23NO7S/c1-30-21(27)13-31-19-8-4-7-17-22-20(32-24(17)19)12-18(26)23(22)25-33(28,29)16-10-9-14-5-2-3-6-15(14)11-16/h2-11,18,20,22-23,25-26H,12-13H2,1H3. The highest BCUT2D eigenvalue weighted by molar-refractivity contribution is 7.89. The van der Waals surface area contributed by atoms with Crippen molar-refractivity contribution in [2.75, 3.05) is 13.7 Å². The van der Waals surface area contributed by atoms with Crippen LogP contribution in [0, 0.1) is 0 Å². The van der Waals surface area contributed by atoms with Gasteiger partial charge in [-0.15, -0.1) is 0 Å². The largest absolute Gasteiger partial charge is 0.485 e. The molecule has 33 heavy (non-hydrogen) atoms. The number of nitrogens with one attached hydrogen (secondary N) is 1. The Morgan fingerprint density at radius 1 is 1.12 bits per heavy atom. The SMILES string of the molecule is COC(=O)COc1cccc2c1OC1CC(O)C(NS(=O)(=O)c3ccc4ccccc4c3)C21. The summed E-state index contributed by atoms with van der Waals surface area (Å²) in [4.78, 5) is 11.6. The molecule has 1 aliphatic carbocycles. The molecule has 1 saturated carbocycles. The predicted octanol–water partition coefficient (Wildman–Crippen LogP) is 2.35. The molecular weight excluding hydrogens is 446 g/mol. The monoisotopic (exact) mass is 469 g/mol. The van der Waals surface area contributed by atoms with E-state index in [9.17, 15) is 18.3 Å². The number of methoxy groups -OCH3 is 1. The quantitative estimate of drug-likeness (QED) is 0.533. The van der Waals surface area contributed by atoms with Crippen molar-refractivity contribution in [3.63, 3.8) is 0 Å². The molecule has 1 heterocycles. The van der Waals surface area contributed by atoms with E-state index in [2.05, 4.69) is 9.46 Å². The Kier molecular flexibility index (Phi) is 5.48. The molecule has 3 aromatic carbocycles. The lowest BCUT2D eigenvalue weighted by atomic mass is 9.94. The van der Waals surface area contributed by atoms with Gasteiger partial charge in [-0.05, 0) is 29.0 Å². The number of carbonyl (C=O) groups excluding carboxylic acids is 1. The molecule has 2 N–H and O–H groups in total. The summed E-state index contributed by atoms with van der Waals surface area (Å²) >= 11 is 0. The minimum Gasteiger partial charge on any atom is -0.485 e. The minimum absolute atomic E-state index is 0.131. The van der Waals surface area contributed by atoms with Crippen LogP contribution in [0.2, 0.25) is 0 Å². The molecule has 9 heteroatoms. The van der Waals surface area contributed by atoms with Gasteiger partial charge in [-0.25, -0.2) is 17.9 Å². The molecule has 0 radical (unpaired) electrons. The van der Waals surface area contributed by atoms with Gasteiger partial charge in [-0.1, -0.05) is 42.5 Å². The van der Waals surface area contributed by atoms with Gasteiger partial charge in [0.2, 0.25) is 10.0 Å². The van der Waals surface area contributed by atoms with Crippen LogP contribution >= 0.6 is 0 Å². The summed E-state index contributed by atoms with van der Waals surface area (Å²) in [5.41, 5.74) is 0.727. The second kappa shape index (κ2) is 8.33. The normalized spacial score (nSPS) is 23.6. The maximum absolute atomic E-state index is 13.2. The van der Waals surface area contributed by atoms with Crippen molar-refractivity contribution >= 4 is 26.8 Å². The average Bonchev–Trinajstić information content (AvgIpc) is 3.32. The molecule has 4 atom stereocenters. The topological polar surface area (TPSA) is 111 Å². The fourth-order valence-corrected chi connectivity index (χ4v) is 5.96. The lowest BCUT2D eigenvalue weighted by molar-refractivity contribution is -0.142. The number of ether oxygens (including phenoxy) is 3. The Bertz CT molecular complexity index is 1320. The van der Waals surface area contributed by atoms with Crippen molar-refractivity contribution in [2.24, 2.45) is 0 Å². The van der Waals surface area contributed by atoms with Gasteiger partial charge in [0.1, 0.15) is 6.10 Å². The Morgan fingerprint density at radius 2 is 1.91 bits per heavy atom. The van der Waals surface area contributed by atoms with Gasteiger partial charge in [-0.2, -0.15) is 0 Å². The van der Waals surface area contributed by atoms with Crippen LogP contribution in [0.1, 0.15) is 17.9 Å². The van der Waals surface area contributed by atoms with Gasteiger partial charge < -0.3 is 19.3 Å². The average molecular weight is 470 g/mol. The molecule has 172 valence electrons. The zero-order valence-corrected chi connectivity index (χ0v) is 18.6. The van der Waals surface area contributed by atoms with Crippen LogP contribution in [0.15, 0.2) is 65.6 Å². The van der Waals surface area contributed by atoms with Crippen LogP contribution in [-0.4, -0.2) is 51.5 Å². The van der Waals surface area contributed by atoms with E-state index in [4.69, 9.17) is 9.47 Å². The van der Waals surface area contributed by atoms with Crippen molar-refractivity contribution < 1.29 is 32.5 Å². The first-order valence-corrected chi connectivity index (χ1v) is 12.0. The van der Waals surface area contributed by atoms with Crippen LogP contribution in [-0.2, 0) is 19.6 Å². The van der Waals surface area contributed by atoms with Crippen LogP contribution in [0.4, 0.5) is 0 Å². The molecule has 5 rings (SSSR count). The molecular formula is C24H23NO7S. The first-order valence-electron chi connectivity index (χ1n) is 10.6. The van der Waals surface area contributed by atoms with E-state index < -0.39 is 40.2 Å². The van der Waals surface area contributed by atoms with Crippen LogP contribution < -0.4 is 14.2 Å². The van der Waals surface area contributed by atoms with Gasteiger partial charge in [-0.3, -0.25) is 0 Å². The summed E-state index contributed by atoms with van der Waals surface area (Å²) in [5, 5.41) is 12.4. The van der Waals surface area contributed by atoms with Gasteiger partial charge in [0.25, 0.3) is 0 Å². The van der Waals surface area contributed by atoms with E-state index in [1.54, 1.807) is 30.3 Å². The second-order valence-electron chi connectivity index (χ2n) is 8.18. The van der Waals surface area contributed by atoms with Crippen molar-refractivity contribution in [2.45, 2.75) is 35.5 Å². The Labute approximate surface area is 191 Å². The molecule has 0 spiro atoms. The summed E-state index contributed by atoms with van der Waals surface area (Å²) in [6, 6.07) is 16.9. The number of sulfonamides is 1. The molecule has 0 amide bonds. The van der Waals surface area contributed by atoms with Crippen molar-refractivity contribution in [1.82, 2.24) is 4.72 Å². The lowest BCUT2D eigenvalue weighted by Crippen LogP contribution is -2.43. The summed E-state index contributed by atoms with van der Waals surface area (Å²) in [7, 11) is -2.63. The number of esters is 1. The van der Waals surface area contributed by atoms with Gasteiger partial charge in [0, 0.05) is 17.9 Å². The number of carbonyl (C=O) groups is 1. The molecule has 4 unspecified atom stereocenters. The summed E-state index contributed by atoms with van der Waals surface area (Å²) in [6.45, 7) is -0.272.